The van der Waals surface area contributed by atoms with Crippen molar-refractivity contribution < 1.29 is 23.4 Å². The molecule has 2 aromatic heterocycles. The smallest absolute Gasteiger partial charge is 0.325 e. The first kappa shape index (κ1) is 27.2. The zero-order valence-corrected chi connectivity index (χ0v) is 22.0. The van der Waals surface area contributed by atoms with Crippen LogP contribution in [0.4, 0.5) is 11.8 Å². The minimum Gasteiger partial charge on any atom is -0.382 e. The second-order valence-electron chi connectivity index (χ2n) is 8.62. The van der Waals surface area contributed by atoms with Crippen LogP contribution in [0.25, 0.3) is 11.2 Å². The summed E-state index contributed by atoms with van der Waals surface area (Å²) in [5.41, 5.74) is 12.6. The molecule has 1 fully saturated rings. The summed E-state index contributed by atoms with van der Waals surface area (Å²) in [4.78, 5) is 23.4. The molecular formula is C21H37N6O5PS. The highest BCUT2D eigenvalue weighted by Gasteiger charge is 2.49. The highest BCUT2D eigenvalue weighted by atomic mass is 32.5. The predicted octanol–water partition coefficient (Wildman–Crippen LogP) is 3.68. The number of hydrogen-bond acceptors (Lipinski definition) is 10. The summed E-state index contributed by atoms with van der Waals surface area (Å²) >= 11 is 5.33. The lowest BCUT2D eigenvalue weighted by molar-refractivity contribution is -0.0505. The van der Waals surface area contributed by atoms with Crippen molar-refractivity contribution in [1.82, 2.24) is 19.5 Å². The molecule has 1 aliphatic heterocycles. The maximum Gasteiger partial charge on any atom is 0.325 e. The average molecular weight is 517 g/mol. The van der Waals surface area contributed by atoms with Gasteiger partial charge in [0.25, 0.3) is 0 Å². The molecule has 2 aromatic rings. The van der Waals surface area contributed by atoms with Gasteiger partial charge in [0.15, 0.2) is 17.7 Å². The monoisotopic (exact) mass is 516 g/mol. The summed E-state index contributed by atoms with van der Waals surface area (Å²) in [5.74, 6) is 0.216. The molecule has 11 nitrogen and oxygen atoms in total. The van der Waals surface area contributed by atoms with Crippen LogP contribution in [0.3, 0.4) is 0 Å². The summed E-state index contributed by atoms with van der Waals surface area (Å²) in [6.07, 6.45) is 6.02. The van der Waals surface area contributed by atoms with Crippen molar-refractivity contribution in [2.75, 3.05) is 18.6 Å². The fourth-order valence-electron chi connectivity index (χ4n) is 4.11. The quantitative estimate of drug-likeness (QED) is 0.264. The first-order valence-electron chi connectivity index (χ1n) is 11.8. The van der Waals surface area contributed by atoms with Gasteiger partial charge in [-0.25, -0.2) is 4.98 Å². The minimum absolute atomic E-state index is 0.0341. The lowest BCUT2D eigenvalue weighted by atomic mass is 10.0. The molecule has 13 heteroatoms. The molecule has 0 aliphatic carbocycles. The largest absolute Gasteiger partial charge is 0.382 e. The molecule has 0 radical (unpaired) electrons. The van der Waals surface area contributed by atoms with Gasteiger partial charge < -0.3 is 30.4 Å². The minimum atomic E-state index is -3.54. The van der Waals surface area contributed by atoms with Gasteiger partial charge in [0.1, 0.15) is 17.7 Å². The number of methoxy groups -OCH3 is 1. The molecule has 0 spiro atoms. The lowest BCUT2D eigenvalue weighted by Gasteiger charge is -2.28. The summed E-state index contributed by atoms with van der Waals surface area (Å²) in [6, 6.07) is 0. The van der Waals surface area contributed by atoms with E-state index in [-0.39, 0.29) is 24.0 Å². The summed E-state index contributed by atoms with van der Waals surface area (Å²) in [6.45, 7) is 2.45. The van der Waals surface area contributed by atoms with Gasteiger partial charge in [-0.1, -0.05) is 46.0 Å². The van der Waals surface area contributed by atoms with Crippen molar-refractivity contribution in [3.63, 3.8) is 0 Å². The van der Waals surface area contributed by atoms with E-state index in [1.165, 1.54) is 12.8 Å². The fourth-order valence-corrected chi connectivity index (χ4v) is 6.07. The van der Waals surface area contributed by atoms with E-state index < -0.39 is 25.2 Å². The van der Waals surface area contributed by atoms with Gasteiger partial charge in [-0.2, -0.15) is 9.97 Å². The Kier molecular flexibility index (Phi) is 9.62. The van der Waals surface area contributed by atoms with Gasteiger partial charge in [-0.05, 0) is 31.6 Å². The number of imidazole rings is 1. The number of anilines is 2. The predicted molar refractivity (Wildman–Crippen MR) is 134 cm³/mol. The van der Waals surface area contributed by atoms with Crippen LogP contribution in [0.2, 0.25) is 0 Å². The number of rotatable bonds is 13. The number of aromatic nitrogens is 4. The second-order valence-corrected chi connectivity index (χ2v) is 11.4. The Balaban J connectivity index is 1.89. The number of ether oxygens (including phenoxy) is 2. The number of fused-ring (bicyclic) bond motifs is 1. The fraction of sp³-hybridized carbons (Fsp3) is 0.762. The molecule has 6 atom stereocenters. The standard InChI is InChI=1S/C21H37N6O5PS/c1-5-7-8-9-10-11-14-16(32-33(28,34)31-13(3)6-2)17(29-4)20(30-14)27-12-24-15-18(22)25-21(23)26-19(15)27/h12-14,16-17,20H,5-11H2,1-4H3,(H,28,34)(H4,22,23,25,26). The zero-order chi connectivity index (χ0) is 24.9. The maximum absolute atomic E-state index is 10.8. The van der Waals surface area contributed by atoms with Crippen LogP contribution in [-0.2, 0) is 30.3 Å². The molecule has 1 aliphatic rings. The van der Waals surface area contributed by atoms with Crippen LogP contribution in [0.5, 0.6) is 0 Å². The van der Waals surface area contributed by atoms with E-state index in [1.54, 1.807) is 18.0 Å². The van der Waals surface area contributed by atoms with Crippen LogP contribution in [0.1, 0.15) is 71.9 Å². The van der Waals surface area contributed by atoms with E-state index in [1.807, 2.05) is 13.8 Å². The van der Waals surface area contributed by atoms with Crippen LogP contribution >= 0.6 is 6.72 Å². The molecule has 3 rings (SSSR count). The van der Waals surface area contributed by atoms with E-state index in [2.05, 4.69) is 21.9 Å². The highest BCUT2D eigenvalue weighted by molar-refractivity contribution is 8.07. The van der Waals surface area contributed by atoms with E-state index in [9.17, 15) is 4.89 Å². The first-order chi connectivity index (χ1) is 16.2. The van der Waals surface area contributed by atoms with Crippen molar-refractivity contribution in [3.05, 3.63) is 6.33 Å². The van der Waals surface area contributed by atoms with Crippen LogP contribution < -0.4 is 11.5 Å². The van der Waals surface area contributed by atoms with Crippen LogP contribution in [-0.4, -0.2) is 55.9 Å². The zero-order valence-electron chi connectivity index (χ0n) is 20.3. The number of unbranched alkanes of at least 4 members (excludes halogenated alkanes) is 4. The molecule has 0 aromatic carbocycles. The Labute approximate surface area is 205 Å². The molecule has 0 bridgehead atoms. The molecule has 0 amide bonds. The summed E-state index contributed by atoms with van der Waals surface area (Å²) in [5, 5.41) is 0. The average Bonchev–Trinajstić information content (AvgIpc) is 3.34. The molecule has 5 N–H and O–H groups in total. The molecule has 192 valence electrons. The third-order valence-electron chi connectivity index (χ3n) is 6.03. The number of hydrogen-bond donors (Lipinski definition) is 3. The molecule has 0 saturated carbocycles. The van der Waals surface area contributed by atoms with Crippen LogP contribution in [0.15, 0.2) is 6.33 Å². The number of nitrogens with zero attached hydrogens (tertiary/aromatic N) is 4. The van der Waals surface area contributed by atoms with Crippen molar-refractivity contribution in [2.24, 2.45) is 0 Å². The van der Waals surface area contributed by atoms with Gasteiger partial charge in [-0.3, -0.25) is 9.09 Å². The first-order valence-corrected chi connectivity index (χ1v) is 14.4. The van der Waals surface area contributed by atoms with Gasteiger partial charge >= 0.3 is 6.72 Å². The third kappa shape index (κ3) is 6.42. The Morgan fingerprint density at radius 1 is 1.21 bits per heavy atom. The molecule has 34 heavy (non-hydrogen) atoms. The van der Waals surface area contributed by atoms with Crippen molar-refractivity contribution in [3.8, 4) is 0 Å². The summed E-state index contributed by atoms with van der Waals surface area (Å²) in [7, 11) is 1.56. The molecule has 1 saturated heterocycles. The molecule has 3 heterocycles. The normalized spacial score (nSPS) is 25.6. The SMILES string of the molecule is CCCCCCCC1OC(n2cnc3c(N)nc(N)nc32)C(OC)C1OP(O)(=S)OC(C)CC. The van der Waals surface area contributed by atoms with Gasteiger partial charge in [-0.15, -0.1) is 0 Å². The Morgan fingerprint density at radius 2 is 1.94 bits per heavy atom. The summed E-state index contributed by atoms with van der Waals surface area (Å²) < 4.78 is 25.7. The van der Waals surface area contributed by atoms with Crippen molar-refractivity contribution >= 4 is 41.5 Å². The van der Waals surface area contributed by atoms with E-state index in [0.717, 1.165) is 25.7 Å². The van der Waals surface area contributed by atoms with Crippen molar-refractivity contribution in [1.29, 1.82) is 0 Å². The van der Waals surface area contributed by atoms with E-state index in [4.69, 9.17) is 41.8 Å². The Hall–Kier alpha value is -1.40. The van der Waals surface area contributed by atoms with Gasteiger partial charge in [0.05, 0.1) is 18.5 Å². The number of nitrogens with two attached hydrogens (primary N) is 2. The van der Waals surface area contributed by atoms with Crippen molar-refractivity contribution in [2.45, 2.75) is 96.4 Å². The number of nitrogen functional groups attached to an aromatic ring is 2. The molecule has 6 unspecified atom stereocenters. The van der Waals surface area contributed by atoms with Gasteiger partial charge in [0, 0.05) is 7.11 Å². The Bertz CT molecular complexity index is 994. The topological polar surface area (TPSA) is 153 Å². The lowest BCUT2D eigenvalue weighted by Crippen LogP contribution is -2.35. The second kappa shape index (κ2) is 12.0. The highest BCUT2D eigenvalue weighted by Crippen LogP contribution is 2.51. The van der Waals surface area contributed by atoms with Gasteiger partial charge in [0.2, 0.25) is 5.95 Å². The van der Waals surface area contributed by atoms with E-state index >= 15 is 0 Å². The Morgan fingerprint density at radius 3 is 2.62 bits per heavy atom. The van der Waals surface area contributed by atoms with E-state index in [0.29, 0.717) is 17.6 Å². The third-order valence-corrected chi connectivity index (χ3v) is 7.69. The molecular weight excluding hydrogens is 479 g/mol. The maximum atomic E-state index is 10.8. The van der Waals surface area contributed by atoms with Crippen LogP contribution in [0, 0.1) is 0 Å².